The highest BCUT2D eigenvalue weighted by Gasteiger charge is 2.14. The predicted octanol–water partition coefficient (Wildman–Crippen LogP) is 0.201. The van der Waals surface area contributed by atoms with Crippen molar-refractivity contribution in [3.8, 4) is 5.88 Å². The Morgan fingerprint density at radius 1 is 1.73 bits per heavy atom. The van der Waals surface area contributed by atoms with Crippen molar-refractivity contribution in [2.24, 2.45) is 0 Å². The summed E-state index contributed by atoms with van der Waals surface area (Å²) in [5.74, 6) is -0.0263. The molecular formula is C10H14N2O3. The number of carbonyl (C=O) groups is 1. The number of amides is 1. The molecule has 0 aliphatic rings. The Morgan fingerprint density at radius 2 is 2.47 bits per heavy atom. The Bertz CT molecular complexity index is 341. The van der Waals surface area contributed by atoms with E-state index < -0.39 is 0 Å². The number of hydrogen-bond acceptors (Lipinski definition) is 4. The molecule has 0 aliphatic carbocycles. The van der Waals surface area contributed by atoms with E-state index in [0.717, 1.165) is 0 Å². The fraction of sp³-hybridized carbons (Fsp3) is 0.400. The fourth-order valence-corrected chi connectivity index (χ4v) is 1.07. The molecule has 1 heterocycles. The smallest absolute Gasteiger partial charge is 0.257 e. The van der Waals surface area contributed by atoms with Crippen LogP contribution in [0.2, 0.25) is 0 Å². The van der Waals surface area contributed by atoms with Crippen molar-refractivity contribution >= 4 is 5.91 Å². The molecule has 0 saturated heterocycles. The molecule has 0 radical (unpaired) electrons. The van der Waals surface area contributed by atoms with Crippen LogP contribution in [0.25, 0.3) is 0 Å². The van der Waals surface area contributed by atoms with E-state index in [2.05, 4.69) is 10.3 Å². The second kappa shape index (κ2) is 5.31. The molecule has 2 N–H and O–H groups in total. The van der Waals surface area contributed by atoms with Gasteiger partial charge in [-0.2, -0.15) is 0 Å². The molecule has 1 aromatic rings. The van der Waals surface area contributed by atoms with Crippen LogP contribution < -0.4 is 10.1 Å². The molecule has 0 bridgehead atoms. The van der Waals surface area contributed by atoms with Crippen LogP contribution in [0.15, 0.2) is 18.3 Å². The number of nitrogens with one attached hydrogen (secondary N) is 1. The number of ether oxygens (including phenoxy) is 1. The molecule has 0 aromatic carbocycles. The second-order valence-corrected chi connectivity index (χ2v) is 3.12. The molecule has 1 amide bonds. The maximum Gasteiger partial charge on any atom is 0.257 e. The number of rotatable bonds is 4. The first-order valence-corrected chi connectivity index (χ1v) is 4.59. The zero-order valence-electron chi connectivity index (χ0n) is 8.73. The third kappa shape index (κ3) is 2.92. The topological polar surface area (TPSA) is 71.5 Å². The Balaban J connectivity index is 2.81. The van der Waals surface area contributed by atoms with Crippen molar-refractivity contribution in [2.75, 3.05) is 13.7 Å². The number of aromatic nitrogens is 1. The van der Waals surface area contributed by atoms with Crippen LogP contribution in [0.1, 0.15) is 17.3 Å². The standard InChI is InChI=1S/C10H14N2O3/c1-7(6-13)12-9(14)8-4-3-5-11-10(8)15-2/h3-5,7,13H,6H2,1-2H3,(H,12,14)/t7-/m1/s1. The molecule has 5 heteroatoms. The maximum atomic E-state index is 11.7. The molecule has 0 fully saturated rings. The molecule has 1 atom stereocenters. The van der Waals surface area contributed by atoms with Crippen LogP contribution in [0.5, 0.6) is 5.88 Å². The van der Waals surface area contributed by atoms with Crippen molar-refractivity contribution in [2.45, 2.75) is 13.0 Å². The van der Waals surface area contributed by atoms with E-state index in [0.29, 0.717) is 5.56 Å². The van der Waals surface area contributed by atoms with Crippen LogP contribution in [-0.2, 0) is 0 Å². The van der Waals surface area contributed by atoms with E-state index >= 15 is 0 Å². The zero-order chi connectivity index (χ0) is 11.3. The number of pyridine rings is 1. The van der Waals surface area contributed by atoms with Gasteiger partial charge in [0.1, 0.15) is 5.56 Å². The first-order valence-electron chi connectivity index (χ1n) is 4.59. The number of carbonyl (C=O) groups excluding carboxylic acids is 1. The number of aliphatic hydroxyl groups excluding tert-OH is 1. The van der Waals surface area contributed by atoms with Gasteiger partial charge < -0.3 is 15.2 Å². The highest BCUT2D eigenvalue weighted by Crippen LogP contribution is 2.13. The van der Waals surface area contributed by atoms with E-state index in [4.69, 9.17) is 9.84 Å². The summed E-state index contributed by atoms with van der Waals surface area (Å²) >= 11 is 0. The lowest BCUT2D eigenvalue weighted by molar-refractivity contribution is 0.0918. The van der Waals surface area contributed by atoms with E-state index in [1.807, 2.05) is 0 Å². The SMILES string of the molecule is COc1ncccc1C(=O)N[C@H](C)CO. The van der Waals surface area contributed by atoms with Gasteiger partial charge in [-0.1, -0.05) is 0 Å². The van der Waals surface area contributed by atoms with Gasteiger partial charge in [-0.25, -0.2) is 4.98 Å². The Labute approximate surface area is 88.1 Å². The van der Waals surface area contributed by atoms with Gasteiger partial charge in [0, 0.05) is 12.2 Å². The van der Waals surface area contributed by atoms with Crippen molar-refractivity contribution in [1.82, 2.24) is 10.3 Å². The van der Waals surface area contributed by atoms with Gasteiger partial charge in [-0.3, -0.25) is 4.79 Å². The van der Waals surface area contributed by atoms with Crippen LogP contribution in [-0.4, -0.2) is 35.8 Å². The molecule has 5 nitrogen and oxygen atoms in total. The van der Waals surface area contributed by atoms with E-state index in [1.165, 1.54) is 7.11 Å². The van der Waals surface area contributed by atoms with Crippen molar-refractivity contribution in [1.29, 1.82) is 0 Å². The van der Waals surface area contributed by atoms with Crippen LogP contribution in [0.3, 0.4) is 0 Å². The van der Waals surface area contributed by atoms with Crippen LogP contribution in [0, 0.1) is 0 Å². The molecule has 82 valence electrons. The molecule has 0 saturated carbocycles. The quantitative estimate of drug-likeness (QED) is 0.744. The summed E-state index contributed by atoms with van der Waals surface area (Å²) < 4.78 is 4.95. The van der Waals surface area contributed by atoms with Crippen molar-refractivity contribution in [3.05, 3.63) is 23.9 Å². The van der Waals surface area contributed by atoms with E-state index in [9.17, 15) is 4.79 Å². The fourth-order valence-electron chi connectivity index (χ4n) is 1.07. The average Bonchev–Trinajstić information content (AvgIpc) is 2.28. The zero-order valence-corrected chi connectivity index (χ0v) is 8.73. The second-order valence-electron chi connectivity index (χ2n) is 3.12. The summed E-state index contributed by atoms with van der Waals surface area (Å²) in [6, 6.07) is 2.98. The highest BCUT2D eigenvalue weighted by molar-refractivity contribution is 5.96. The van der Waals surface area contributed by atoms with Gasteiger partial charge in [0.15, 0.2) is 0 Å². The van der Waals surface area contributed by atoms with Gasteiger partial charge in [0.2, 0.25) is 5.88 Å². The lowest BCUT2D eigenvalue weighted by atomic mass is 10.2. The monoisotopic (exact) mass is 210 g/mol. The first-order chi connectivity index (χ1) is 7.19. The number of methoxy groups -OCH3 is 1. The summed E-state index contributed by atoms with van der Waals surface area (Å²) in [4.78, 5) is 15.6. The first kappa shape index (κ1) is 11.5. The lowest BCUT2D eigenvalue weighted by Crippen LogP contribution is -2.35. The minimum Gasteiger partial charge on any atom is -0.480 e. The van der Waals surface area contributed by atoms with E-state index in [-0.39, 0.29) is 24.4 Å². The van der Waals surface area contributed by atoms with Gasteiger partial charge in [0.05, 0.1) is 13.7 Å². The summed E-state index contributed by atoms with van der Waals surface area (Å²) in [6.45, 7) is 1.61. The molecule has 1 rings (SSSR count). The molecule has 0 spiro atoms. The number of aliphatic hydroxyl groups is 1. The Hall–Kier alpha value is -1.62. The maximum absolute atomic E-state index is 11.7. The molecule has 15 heavy (non-hydrogen) atoms. The minimum atomic E-state index is -0.304. The van der Waals surface area contributed by atoms with Crippen molar-refractivity contribution in [3.63, 3.8) is 0 Å². The number of hydrogen-bond donors (Lipinski definition) is 2. The number of nitrogens with zero attached hydrogens (tertiary/aromatic N) is 1. The summed E-state index contributed by atoms with van der Waals surface area (Å²) in [5.41, 5.74) is 0.361. The van der Waals surface area contributed by atoms with Gasteiger partial charge in [-0.05, 0) is 19.1 Å². The third-order valence-electron chi connectivity index (χ3n) is 1.86. The summed E-state index contributed by atoms with van der Waals surface area (Å²) in [5, 5.41) is 11.4. The van der Waals surface area contributed by atoms with Crippen molar-refractivity contribution < 1.29 is 14.6 Å². The van der Waals surface area contributed by atoms with Gasteiger partial charge in [-0.15, -0.1) is 0 Å². The largest absolute Gasteiger partial charge is 0.480 e. The highest BCUT2D eigenvalue weighted by atomic mass is 16.5. The van der Waals surface area contributed by atoms with Crippen LogP contribution in [0.4, 0.5) is 0 Å². The van der Waals surface area contributed by atoms with Crippen LogP contribution >= 0.6 is 0 Å². The minimum absolute atomic E-state index is 0.103. The van der Waals surface area contributed by atoms with Gasteiger partial charge >= 0.3 is 0 Å². The molecular weight excluding hydrogens is 196 g/mol. The molecule has 1 aromatic heterocycles. The summed E-state index contributed by atoms with van der Waals surface area (Å²) in [6.07, 6.45) is 1.55. The van der Waals surface area contributed by atoms with Gasteiger partial charge in [0.25, 0.3) is 5.91 Å². The lowest BCUT2D eigenvalue weighted by Gasteiger charge is -2.11. The predicted molar refractivity (Wildman–Crippen MR) is 54.8 cm³/mol. The Morgan fingerprint density at radius 3 is 3.07 bits per heavy atom. The molecule has 0 aliphatic heterocycles. The Kier molecular flexibility index (Phi) is 4.05. The average molecular weight is 210 g/mol. The third-order valence-corrected chi connectivity index (χ3v) is 1.86. The molecule has 0 unspecified atom stereocenters. The van der Waals surface area contributed by atoms with E-state index in [1.54, 1.807) is 25.3 Å². The summed E-state index contributed by atoms with van der Waals surface area (Å²) in [7, 11) is 1.45. The normalized spacial score (nSPS) is 11.9.